The Labute approximate surface area is 94.7 Å². The van der Waals surface area contributed by atoms with Gasteiger partial charge in [-0.25, -0.2) is 13.8 Å². The fourth-order valence-electron chi connectivity index (χ4n) is 1.50. The minimum absolute atomic E-state index is 0.0381. The van der Waals surface area contributed by atoms with Crippen molar-refractivity contribution in [3.05, 3.63) is 27.2 Å². The molecular formula is C10H8ClF2NS. The highest BCUT2D eigenvalue weighted by Crippen LogP contribution is 2.35. The quantitative estimate of drug-likeness (QED) is 0.692. The van der Waals surface area contributed by atoms with Crippen molar-refractivity contribution in [3.63, 3.8) is 0 Å². The van der Waals surface area contributed by atoms with Gasteiger partial charge in [0.25, 0.3) is 0 Å². The molecule has 0 atom stereocenters. The zero-order chi connectivity index (χ0) is 11.2. The number of thiazole rings is 1. The van der Waals surface area contributed by atoms with Crippen LogP contribution in [0.15, 0.2) is 0 Å². The van der Waals surface area contributed by atoms with Crippen molar-refractivity contribution in [2.24, 2.45) is 0 Å². The second kappa shape index (κ2) is 3.68. The van der Waals surface area contributed by atoms with E-state index in [1.54, 1.807) is 13.8 Å². The highest BCUT2D eigenvalue weighted by Gasteiger charge is 2.20. The van der Waals surface area contributed by atoms with Crippen molar-refractivity contribution in [3.8, 4) is 0 Å². The fourth-order valence-corrected chi connectivity index (χ4v) is 2.70. The lowest BCUT2D eigenvalue weighted by molar-refractivity contribution is 0.568. The first-order valence-electron chi connectivity index (χ1n) is 4.48. The number of aromatic nitrogens is 1. The van der Waals surface area contributed by atoms with E-state index in [-0.39, 0.29) is 22.5 Å². The Bertz CT molecular complexity index is 536. The Hall–Kier alpha value is -0.740. The highest BCUT2D eigenvalue weighted by atomic mass is 35.5. The molecule has 2 aromatic rings. The predicted molar refractivity (Wildman–Crippen MR) is 58.7 cm³/mol. The smallest absolute Gasteiger partial charge is 0.150 e. The molecule has 0 aliphatic heterocycles. The molecule has 0 fully saturated rings. The maximum Gasteiger partial charge on any atom is 0.150 e. The van der Waals surface area contributed by atoms with Gasteiger partial charge in [0.2, 0.25) is 0 Å². The molecule has 15 heavy (non-hydrogen) atoms. The van der Waals surface area contributed by atoms with Gasteiger partial charge in [0.1, 0.15) is 22.2 Å². The average molecular weight is 248 g/mol. The van der Waals surface area contributed by atoms with Crippen LogP contribution in [0, 0.1) is 18.6 Å². The van der Waals surface area contributed by atoms with Crippen molar-refractivity contribution < 1.29 is 8.78 Å². The number of hydrogen-bond acceptors (Lipinski definition) is 2. The van der Waals surface area contributed by atoms with Crippen LogP contribution in [0.25, 0.3) is 10.2 Å². The van der Waals surface area contributed by atoms with Crippen LogP contribution in [-0.2, 0) is 6.42 Å². The van der Waals surface area contributed by atoms with Gasteiger partial charge in [-0.05, 0) is 13.3 Å². The number of nitrogens with zero attached hydrogens (tertiary/aromatic N) is 1. The third-order valence-corrected chi connectivity index (χ3v) is 3.53. The molecule has 0 spiro atoms. The van der Waals surface area contributed by atoms with Gasteiger partial charge in [-0.1, -0.05) is 18.5 Å². The first kappa shape index (κ1) is 10.8. The molecule has 1 heterocycles. The summed E-state index contributed by atoms with van der Waals surface area (Å²) in [6.45, 7) is 3.43. The van der Waals surface area contributed by atoms with Gasteiger partial charge in [0.05, 0.1) is 9.71 Å². The van der Waals surface area contributed by atoms with E-state index in [4.69, 9.17) is 11.6 Å². The van der Waals surface area contributed by atoms with Gasteiger partial charge in [-0.15, -0.1) is 11.3 Å². The highest BCUT2D eigenvalue weighted by molar-refractivity contribution is 7.18. The summed E-state index contributed by atoms with van der Waals surface area (Å²) >= 11 is 6.99. The SMILES string of the molecule is CCc1c(F)c(Cl)c2nc(C)sc2c1F. The molecular weight excluding hydrogens is 240 g/mol. The van der Waals surface area contributed by atoms with Crippen LogP contribution < -0.4 is 0 Å². The van der Waals surface area contributed by atoms with Crippen LogP contribution in [0.3, 0.4) is 0 Å². The molecule has 0 radical (unpaired) electrons. The van der Waals surface area contributed by atoms with E-state index >= 15 is 0 Å². The molecule has 0 amide bonds. The van der Waals surface area contributed by atoms with E-state index in [0.29, 0.717) is 9.71 Å². The van der Waals surface area contributed by atoms with Gasteiger partial charge < -0.3 is 0 Å². The fraction of sp³-hybridized carbons (Fsp3) is 0.300. The number of rotatable bonds is 1. The molecule has 0 N–H and O–H groups in total. The molecule has 0 saturated heterocycles. The van der Waals surface area contributed by atoms with Crippen LogP contribution in [-0.4, -0.2) is 4.98 Å². The Morgan fingerprint density at radius 1 is 1.33 bits per heavy atom. The van der Waals surface area contributed by atoms with Crippen molar-refractivity contribution >= 4 is 33.2 Å². The molecule has 0 aliphatic carbocycles. The molecule has 0 aliphatic rings. The molecule has 2 rings (SSSR count). The molecule has 5 heteroatoms. The van der Waals surface area contributed by atoms with Crippen molar-refractivity contribution in [1.29, 1.82) is 0 Å². The van der Waals surface area contributed by atoms with Crippen LogP contribution in [0.4, 0.5) is 8.78 Å². The van der Waals surface area contributed by atoms with Crippen LogP contribution in [0.5, 0.6) is 0 Å². The van der Waals surface area contributed by atoms with Gasteiger partial charge in [0, 0.05) is 5.56 Å². The number of aryl methyl sites for hydroxylation is 1. The molecule has 80 valence electrons. The van der Waals surface area contributed by atoms with E-state index in [2.05, 4.69) is 4.98 Å². The van der Waals surface area contributed by atoms with E-state index in [1.807, 2.05) is 0 Å². The summed E-state index contributed by atoms with van der Waals surface area (Å²) < 4.78 is 27.7. The molecule has 0 saturated carbocycles. The normalized spacial score (nSPS) is 11.3. The monoisotopic (exact) mass is 247 g/mol. The van der Waals surface area contributed by atoms with Gasteiger partial charge in [0.15, 0.2) is 0 Å². The first-order chi connectivity index (χ1) is 7.06. The topological polar surface area (TPSA) is 12.9 Å². The lowest BCUT2D eigenvalue weighted by atomic mass is 10.1. The first-order valence-corrected chi connectivity index (χ1v) is 5.68. The third kappa shape index (κ3) is 1.52. The van der Waals surface area contributed by atoms with Gasteiger partial charge in [-0.3, -0.25) is 0 Å². The van der Waals surface area contributed by atoms with E-state index in [1.165, 1.54) is 11.3 Å². The van der Waals surface area contributed by atoms with E-state index in [9.17, 15) is 8.78 Å². The lowest BCUT2D eigenvalue weighted by Gasteiger charge is -2.04. The Morgan fingerprint density at radius 2 is 2.00 bits per heavy atom. The second-order valence-corrected chi connectivity index (χ2v) is 4.77. The molecule has 1 aromatic heterocycles. The van der Waals surface area contributed by atoms with E-state index in [0.717, 1.165) is 0 Å². The molecule has 1 nitrogen and oxygen atoms in total. The summed E-state index contributed by atoms with van der Waals surface area (Å²) in [4.78, 5) is 4.02. The number of halogens is 3. The van der Waals surface area contributed by atoms with Gasteiger partial charge in [-0.2, -0.15) is 0 Å². The maximum atomic E-state index is 13.8. The largest absolute Gasteiger partial charge is 0.240 e. The lowest BCUT2D eigenvalue weighted by Crippen LogP contribution is -1.95. The van der Waals surface area contributed by atoms with Crippen LogP contribution >= 0.6 is 22.9 Å². The summed E-state index contributed by atoms with van der Waals surface area (Å²) in [5.41, 5.74) is 0.266. The Kier molecular flexibility index (Phi) is 2.64. The standard InChI is InChI=1S/C10H8ClF2NS/c1-3-5-7(12)6(11)9-10(8(5)13)15-4(2)14-9/h3H2,1-2H3. The van der Waals surface area contributed by atoms with Crippen LogP contribution in [0.2, 0.25) is 5.02 Å². The third-order valence-electron chi connectivity index (χ3n) is 2.22. The predicted octanol–water partition coefficient (Wildman–Crippen LogP) is 4.10. The number of benzene rings is 1. The van der Waals surface area contributed by atoms with Crippen LogP contribution in [0.1, 0.15) is 17.5 Å². The zero-order valence-corrected chi connectivity index (χ0v) is 9.77. The summed E-state index contributed by atoms with van der Waals surface area (Å²) in [6.07, 6.45) is 0.282. The average Bonchev–Trinajstić information content (AvgIpc) is 2.58. The summed E-state index contributed by atoms with van der Waals surface area (Å²) in [6, 6.07) is 0. The van der Waals surface area contributed by atoms with E-state index < -0.39 is 11.6 Å². The second-order valence-electron chi connectivity index (χ2n) is 3.18. The Balaban J connectivity index is 2.94. The minimum atomic E-state index is -0.686. The Morgan fingerprint density at radius 3 is 2.60 bits per heavy atom. The maximum absolute atomic E-state index is 13.8. The minimum Gasteiger partial charge on any atom is -0.240 e. The number of hydrogen-bond donors (Lipinski definition) is 0. The summed E-state index contributed by atoms with van der Waals surface area (Å²) in [5, 5.41) is 0.603. The zero-order valence-electron chi connectivity index (χ0n) is 8.20. The van der Waals surface area contributed by atoms with Crippen molar-refractivity contribution in [2.75, 3.05) is 0 Å². The summed E-state index contributed by atoms with van der Waals surface area (Å²) in [5.74, 6) is -1.21. The van der Waals surface area contributed by atoms with Crippen molar-refractivity contribution in [1.82, 2.24) is 4.98 Å². The van der Waals surface area contributed by atoms with Crippen molar-refractivity contribution in [2.45, 2.75) is 20.3 Å². The number of fused-ring (bicyclic) bond motifs is 1. The molecule has 0 unspecified atom stereocenters. The van der Waals surface area contributed by atoms with Gasteiger partial charge >= 0.3 is 0 Å². The molecule has 0 bridgehead atoms. The molecule has 1 aromatic carbocycles. The summed E-state index contributed by atoms with van der Waals surface area (Å²) in [7, 11) is 0.